The minimum atomic E-state index is -0.784. The predicted molar refractivity (Wildman–Crippen MR) is 144 cm³/mol. The molecule has 0 aromatic carbocycles. The molecule has 0 aliphatic rings. The highest BCUT2D eigenvalue weighted by Gasteiger charge is 2.40. The molecule has 0 aromatic heterocycles. The molecule has 0 spiro atoms. The van der Waals surface area contributed by atoms with Gasteiger partial charge in [0.05, 0.1) is 5.41 Å². The van der Waals surface area contributed by atoms with E-state index in [0.717, 1.165) is 25.7 Å². The van der Waals surface area contributed by atoms with Crippen molar-refractivity contribution in [2.24, 2.45) is 11.3 Å². The second-order valence-electron chi connectivity index (χ2n) is 10.8. The smallest absolute Gasteiger partial charge is 0.309 e. The summed E-state index contributed by atoms with van der Waals surface area (Å²) in [6.45, 7) is 6.37. The molecule has 0 aliphatic heterocycles. The molecule has 0 bridgehead atoms. The maximum atomic E-state index is 12.1. The Morgan fingerprint density at radius 2 is 0.909 bits per heavy atom. The molecular weight excluding hydrogens is 408 g/mol. The Morgan fingerprint density at radius 1 is 0.606 bits per heavy atom. The summed E-state index contributed by atoms with van der Waals surface area (Å²) < 4.78 is 0. The SMILES string of the molecule is CCCCCCCCCCCCC(CCCCCCCCCCCC)C(C)(CCO)C(=O)O. The largest absolute Gasteiger partial charge is 0.481 e. The average molecular weight is 469 g/mol. The highest BCUT2D eigenvalue weighted by Crippen LogP contribution is 2.39. The highest BCUT2D eigenvalue weighted by atomic mass is 16.4. The fourth-order valence-corrected chi connectivity index (χ4v) is 5.26. The van der Waals surface area contributed by atoms with Gasteiger partial charge in [-0.2, -0.15) is 0 Å². The molecule has 0 radical (unpaired) electrons. The minimum Gasteiger partial charge on any atom is -0.481 e. The van der Waals surface area contributed by atoms with Gasteiger partial charge >= 0.3 is 5.97 Å². The number of hydrogen-bond acceptors (Lipinski definition) is 2. The molecule has 0 aliphatic carbocycles. The van der Waals surface area contributed by atoms with Gasteiger partial charge in [-0.25, -0.2) is 0 Å². The van der Waals surface area contributed by atoms with Crippen molar-refractivity contribution in [1.82, 2.24) is 0 Å². The van der Waals surface area contributed by atoms with Crippen LogP contribution in [-0.4, -0.2) is 22.8 Å². The first-order chi connectivity index (χ1) is 16.0. The van der Waals surface area contributed by atoms with E-state index in [9.17, 15) is 15.0 Å². The summed E-state index contributed by atoms with van der Waals surface area (Å²) in [5, 5.41) is 19.5. The van der Waals surface area contributed by atoms with Crippen LogP contribution in [0.2, 0.25) is 0 Å². The van der Waals surface area contributed by atoms with Crippen LogP contribution in [0.5, 0.6) is 0 Å². The van der Waals surface area contributed by atoms with E-state index < -0.39 is 11.4 Å². The molecule has 1 atom stereocenters. The number of hydrogen-bond donors (Lipinski definition) is 2. The van der Waals surface area contributed by atoms with Crippen LogP contribution in [0.1, 0.15) is 168 Å². The number of carbonyl (C=O) groups is 1. The fraction of sp³-hybridized carbons (Fsp3) is 0.967. The maximum absolute atomic E-state index is 12.1. The van der Waals surface area contributed by atoms with E-state index >= 15 is 0 Å². The number of aliphatic hydroxyl groups is 1. The van der Waals surface area contributed by atoms with Crippen molar-refractivity contribution in [3.05, 3.63) is 0 Å². The van der Waals surface area contributed by atoms with Crippen molar-refractivity contribution in [3.8, 4) is 0 Å². The summed E-state index contributed by atoms with van der Waals surface area (Å²) in [6.07, 6.45) is 28.6. The zero-order chi connectivity index (χ0) is 24.6. The van der Waals surface area contributed by atoms with Crippen LogP contribution >= 0.6 is 0 Å². The lowest BCUT2D eigenvalue weighted by Gasteiger charge is -2.34. The van der Waals surface area contributed by atoms with Gasteiger partial charge in [-0.15, -0.1) is 0 Å². The molecule has 0 fully saturated rings. The van der Waals surface area contributed by atoms with Crippen LogP contribution in [0.15, 0.2) is 0 Å². The zero-order valence-electron chi connectivity index (χ0n) is 22.9. The maximum Gasteiger partial charge on any atom is 0.309 e. The molecule has 0 amide bonds. The van der Waals surface area contributed by atoms with E-state index in [-0.39, 0.29) is 12.5 Å². The van der Waals surface area contributed by atoms with Crippen LogP contribution in [0.4, 0.5) is 0 Å². The molecule has 2 N–H and O–H groups in total. The molecule has 0 saturated heterocycles. The van der Waals surface area contributed by atoms with Crippen molar-refractivity contribution < 1.29 is 15.0 Å². The van der Waals surface area contributed by atoms with Crippen LogP contribution in [-0.2, 0) is 4.79 Å². The number of aliphatic hydroxyl groups excluding tert-OH is 1. The van der Waals surface area contributed by atoms with Gasteiger partial charge < -0.3 is 10.2 Å². The second kappa shape index (κ2) is 23.2. The molecule has 3 heteroatoms. The standard InChI is InChI=1S/C30H60O3/c1-4-6-8-10-12-14-16-18-20-22-24-28(30(3,26-27-31)29(32)33)25-23-21-19-17-15-13-11-9-7-5-2/h28,31H,4-27H2,1-3H3,(H,32,33). The van der Waals surface area contributed by atoms with Crippen molar-refractivity contribution in [3.63, 3.8) is 0 Å². The zero-order valence-corrected chi connectivity index (χ0v) is 22.9. The quantitative estimate of drug-likeness (QED) is 0.124. The van der Waals surface area contributed by atoms with Gasteiger partial charge in [0, 0.05) is 6.61 Å². The van der Waals surface area contributed by atoms with Gasteiger partial charge in [0.15, 0.2) is 0 Å². The number of carboxylic acid groups (broad SMARTS) is 1. The Labute approximate surface area is 207 Å². The van der Waals surface area contributed by atoms with Crippen molar-refractivity contribution in [1.29, 1.82) is 0 Å². The molecule has 0 saturated carbocycles. The fourth-order valence-electron chi connectivity index (χ4n) is 5.26. The third-order valence-corrected chi connectivity index (χ3v) is 7.83. The lowest BCUT2D eigenvalue weighted by Crippen LogP contribution is -2.37. The number of rotatable bonds is 26. The van der Waals surface area contributed by atoms with Gasteiger partial charge in [0.25, 0.3) is 0 Å². The van der Waals surface area contributed by atoms with Crippen LogP contribution in [0, 0.1) is 11.3 Å². The minimum absolute atomic E-state index is 0.0324. The number of aliphatic carboxylic acids is 1. The van der Waals surface area contributed by atoms with E-state index in [4.69, 9.17) is 0 Å². The summed E-state index contributed by atoms with van der Waals surface area (Å²) in [6, 6.07) is 0. The van der Waals surface area contributed by atoms with Crippen LogP contribution in [0.25, 0.3) is 0 Å². The lowest BCUT2D eigenvalue weighted by molar-refractivity contribution is -0.153. The Kier molecular flexibility index (Phi) is 22.8. The Bertz CT molecular complexity index is 399. The molecule has 0 heterocycles. The first-order valence-corrected chi connectivity index (χ1v) is 14.9. The van der Waals surface area contributed by atoms with E-state index in [1.165, 1.54) is 116 Å². The van der Waals surface area contributed by atoms with Crippen molar-refractivity contribution in [2.75, 3.05) is 6.61 Å². The third kappa shape index (κ3) is 17.5. The third-order valence-electron chi connectivity index (χ3n) is 7.83. The normalized spacial score (nSPS) is 13.5. The summed E-state index contributed by atoms with van der Waals surface area (Å²) in [4.78, 5) is 12.1. The van der Waals surface area contributed by atoms with Crippen molar-refractivity contribution in [2.45, 2.75) is 168 Å². The first-order valence-electron chi connectivity index (χ1n) is 14.9. The summed E-state index contributed by atoms with van der Waals surface area (Å²) in [7, 11) is 0. The Hall–Kier alpha value is -0.570. The molecule has 33 heavy (non-hydrogen) atoms. The van der Waals surface area contributed by atoms with E-state index in [0.29, 0.717) is 6.42 Å². The lowest BCUT2D eigenvalue weighted by atomic mass is 9.70. The van der Waals surface area contributed by atoms with E-state index in [1.807, 2.05) is 6.92 Å². The van der Waals surface area contributed by atoms with E-state index in [2.05, 4.69) is 13.8 Å². The molecule has 1 unspecified atom stereocenters. The monoisotopic (exact) mass is 468 g/mol. The molecule has 0 aromatic rings. The van der Waals surface area contributed by atoms with Gasteiger partial charge in [0.2, 0.25) is 0 Å². The Balaban J connectivity index is 4.19. The molecule has 0 rings (SSSR count). The summed E-state index contributed by atoms with van der Waals surface area (Å²) >= 11 is 0. The van der Waals surface area contributed by atoms with Crippen molar-refractivity contribution >= 4 is 5.97 Å². The molecule has 3 nitrogen and oxygen atoms in total. The van der Waals surface area contributed by atoms with Crippen LogP contribution in [0.3, 0.4) is 0 Å². The number of unbranched alkanes of at least 4 members (excludes halogenated alkanes) is 18. The van der Waals surface area contributed by atoms with E-state index in [1.54, 1.807) is 0 Å². The highest BCUT2D eigenvalue weighted by molar-refractivity contribution is 5.74. The number of carboxylic acids is 1. The van der Waals surface area contributed by atoms with Crippen LogP contribution < -0.4 is 0 Å². The summed E-state index contributed by atoms with van der Waals surface area (Å²) in [5.74, 6) is -0.536. The average Bonchev–Trinajstić information content (AvgIpc) is 2.80. The predicted octanol–water partition coefficient (Wildman–Crippen LogP) is 9.70. The van der Waals surface area contributed by atoms with Gasteiger partial charge in [-0.3, -0.25) is 4.79 Å². The van der Waals surface area contributed by atoms with Gasteiger partial charge in [-0.05, 0) is 32.1 Å². The molecular formula is C30H60O3. The molecule has 198 valence electrons. The first kappa shape index (κ1) is 32.4. The van der Waals surface area contributed by atoms with Gasteiger partial charge in [-0.1, -0.05) is 142 Å². The second-order valence-corrected chi connectivity index (χ2v) is 10.8. The Morgan fingerprint density at radius 3 is 1.18 bits per heavy atom. The van der Waals surface area contributed by atoms with Gasteiger partial charge in [0.1, 0.15) is 0 Å². The summed E-state index contributed by atoms with van der Waals surface area (Å²) in [5.41, 5.74) is -0.784. The topological polar surface area (TPSA) is 57.5 Å².